The zero-order valence-electron chi connectivity index (χ0n) is 13.4. The van der Waals surface area contributed by atoms with Gasteiger partial charge in [0.05, 0.1) is 16.6 Å². The zero-order valence-corrected chi connectivity index (χ0v) is 15.0. The maximum absolute atomic E-state index is 13.6. The average molecular weight is 366 g/mol. The van der Waals surface area contributed by atoms with Gasteiger partial charge in [-0.2, -0.15) is 0 Å². The number of hydrogen-bond donors (Lipinski definition) is 2. The second kappa shape index (κ2) is 7.72. The van der Waals surface area contributed by atoms with Gasteiger partial charge in [-0.3, -0.25) is 0 Å². The third-order valence-corrected chi connectivity index (χ3v) is 4.89. The lowest BCUT2D eigenvalue weighted by molar-refractivity contribution is 0.601. The molecule has 0 bridgehead atoms. The summed E-state index contributed by atoms with van der Waals surface area (Å²) in [6.45, 7) is 1.98. The van der Waals surface area contributed by atoms with E-state index in [2.05, 4.69) is 10.6 Å². The molecular formula is C17H19FN2O2S2. The lowest BCUT2D eigenvalue weighted by Gasteiger charge is -2.20. The first-order chi connectivity index (χ1) is 11.3. The van der Waals surface area contributed by atoms with Gasteiger partial charge in [0, 0.05) is 6.26 Å². The summed E-state index contributed by atoms with van der Waals surface area (Å²) in [6, 6.07) is 12.8. The summed E-state index contributed by atoms with van der Waals surface area (Å²) in [7, 11) is -3.22. The van der Waals surface area contributed by atoms with Crippen LogP contribution in [0.2, 0.25) is 0 Å². The minimum Gasteiger partial charge on any atom is -0.356 e. The van der Waals surface area contributed by atoms with Crippen molar-refractivity contribution in [2.75, 3.05) is 11.6 Å². The Kier molecular flexibility index (Phi) is 5.90. The van der Waals surface area contributed by atoms with Crippen LogP contribution in [0, 0.1) is 5.82 Å². The number of halogens is 1. The highest BCUT2D eigenvalue weighted by Gasteiger charge is 2.13. The SMILES string of the molecule is CC[C@@H](NC(=S)Nc1ccccc1F)c1ccc(S(C)(=O)=O)cc1. The van der Waals surface area contributed by atoms with Crippen LogP contribution in [0.4, 0.5) is 10.1 Å². The predicted octanol–water partition coefficient (Wildman–Crippen LogP) is 3.67. The van der Waals surface area contributed by atoms with E-state index in [9.17, 15) is 12.8 Å². The standard InChI is InChI=1S/C17H19FN2O2S2/c1-3-15(12-8-10-13(11-9-12)24(2,21)22)19-17(23)20-16-7-5-4-6-14(16)18/h4-11,15H,3H2,1-2H3,(H2,19,20,23)/t15-/m1/s1. The Labute approximate surface area is 147 Å². The van der Waals surface area contributed by atoms with Gasteiger partial charge in [-0.25, -0.2) is 12.8 Å². The molecule has 2 N–H and O–H groups in total. The normalized spacial score (nSPS) is 12.5. The van der Waals surface area contributed by atoms with Crippen LogP contribution in [0.15, 0.2) is 53.4 Å². The van der Waals surface area contributed by atoms with Gasteiger partial charge in [-0.1, -0.05) is 31.2 Å². The first kappa shape index (κ1) is 18.4. The van der Waals surface area contributed by atoms with Gasteiger partial charge in [-0.05, 0) is 48.5 Å². The van der Waals surface area contributed by atoms with Crippen molar-refractivity contribution in [2.24, 2.45) is 0 Å². The minimum atomic E-state index is -3.22. The lowest BCUT2D eigenvalue weighted by Crippen LogP contribution is -2.32. The minimum absolute atomic E-state index is 0.106. The number of thiocarbonyl (C=S) groups is 1. The Hall–Kier alpha value is -1.99. The molecule has 2 rings (SSSR count). The van der Waals surface area contributed by atoms with Crippen LogP contribution in [-0.2, 0) is 9.84 Å². The Morgan fingerprint density at radius 1 is 1.17 bits per heavy atom. The van der Waals surface area contributed by atoms with Crippen LogP contribution in [0.3, 0.4) is 0 Å². The molecule has 4 nitrogen and oxygen atoms in total. The molecule has 0 unspecified atom stereocenters. The summed E-state index contributed by atoms with van der Waals surface area (Å²) < 4.78 is 36.7. The quantitative estimate of drug-likeness (QED) is 0.791. The largest absolute Gasteiger partial charge is 0.356 e. The fourth-order valence-corrected chi connectivity index (χ4v) is 3.13. The fourth-order valence-electron chi connectivity index (χ4n) is 2.25. The molecule has 24 heavy (non-hydrogen) atoms. The molecule has 0 saturated heterocycles. The van der Waals surface area contributed by atoms with Gasteiger partial charge in [-0.15, -0.1) is 0 Å². The number of benzene rings is 2. The van der Waals surface area contributed by atoms with E-state index < -0.39 is 9.84 Å². The fraction of sp³-hybridized carbons (Fsp3) is 0.235. The van der Waals surface area contributed by atoms with Gasteiger partial charge < -0.3 is 10.6 Å². The number of hydrogen-bond acceptors (Lipinski definition) is 3. The summed E-state index contributed by atoms with van der Waals surface area (Å²) in [5.41, 5.74) is 1.21. The average Bonchev–Trinajstić information content (AvgIpc) is 2.54. The monoisotopic (exact) mass is 366 g/mol. The predicted molar refractivity (Wildman–Crippen MR) is 98.3 cm³/mol. The molecule has 128 valence electrons. The third-order valence-electron chi connectivity index (χ3n) is 3.55. The molecule has 0 saturated carbocycles. The second-order valence-electron chi connectivity index (χ2n) is 5.38. The van der Waals surface area contributed by atoms with E-state index >= 15 is 0 Å². The highest BCUT2D eigenvalue weighted by Crippen LogP contribution is 2.20. The number of nitrogens with one attached hydrogen (secondary N) is 2. The summed E-state index contributed by atoms with van der Waals surface area (Å²) in [5, 5.41) is 6.26. The molecule has 2 aromatic carbocycles. The first-order valence-electron chi connectivity index (χ1n) is 7.43. The molecule has 0 aliphatic carbocycles. The number of sulfone groups is 1. The Bertz CT molecular complexity index is 821. The van der Waals surface area contributed by atoms with Crippen LogP contribution in [0.5, 0.6) is 0 Å². The highest BCUT2D eigenvalue weighted by atomic mass is 32.2. The van der Waals surface area contributed by atoms with Gasteiger partial charge >= 0.3 is 0 Å². The molecule has 0 amide bonds. The summed E-state index contributed by atoms with van der Waals surface area (Å²) in [6.07, 6.45) is 1.91. The Balaban J connectivity index is 2.09. The van der Waals surface area contributed by atoms with Crippen molar-refractivity contribution in [2.45, 2.75) is 24.3 Å². The van der Waals surface area contributed by atoms with Crippen LogP contribution in [0.1, 0.15) is 24.9 Å². The van der Waals surface area contributed by atoms with E-state index in [1.807, 2.05) is 6.92 Å². The van der Waals surface area contributed by atoms with E-state index in [1.54, 1.807) is 42.5 Å². The van der Waals surface area contributed by atoms with Crippen molar-refractivity contribution in [1.29, 1.82) is 0 Å². The van der Waals surface area contributed by atoms with E-state index in [4.69, 9.17) is 12.2 Å². The van der Waals surface area contributed by atoms with Crippen LogP contribution < -0.4 is 10.6 Å². The molecule has 0 aliphatic heterocycles. The van der Waals surface area contributed by atoms with Crippen molar-refractivity contribution < 1.29 is 12.8 Å². The van der Waals surface area contributed by atoms with Crippen molar-refractivity contribution in [3.05, 3.63) is 59.9 Å². The maximum atomic E-state index is 13.6. The summed E-state index contributed by atoms with van der Waals surface area (Å²) in [4.78, 5) is 0.271. The summed E-state index contributed by atoms with van der Waals surface area (Å²) in [5.74, 6) is -0.382. The topological polar surface area (TPSA) is 58.2 Å². The van der Waals surface area contributed by atoms with E-state index in [-0.39, 0.29) is 16.8 Å². The molecule has 2 aromatic rings. The van der Waals surface area contributed by atoms with Crippen LogP contribution in [0.25, 0.3) is 0 Å². The van der Waals surface area contributed by atoms with Crippen molar-refractivity contribution in [1.82, 2.24) is 5.32 Å². The second-order valence-corrected chi connectivity index (χ2v) is 7.80. The smallest absolute Gasteiger partial charge is 0.175 e. The zero-order chi connectivity index (χ0) is 17.7. The van der Waals surface area contributed by atoms with Crippen molar-refractivity contribution in [3.8, 4) is 0 Å². The highest BCUT2D eigenvalue weighted by molar-refractivity contribution is 7.90. The van der Waals surface area contributed by atoms with E-state index in [0.717, 1.165) is 12.0 Å². The van der Waals surface area contributed by atoms with E-state index in [1.165, 1.54) is 12.3 Å². The Morgan fingerprint density at radius 3 is 2.33 bits per heavy atom. The lowest BCUT2D eigenvalue weighted by atomic mass is 10.1. The molecule has 0 radical (unpaired) electrons. The first-order valence-corrected chi connectivity index (χ1v) is 9.73. The molecular weight excluding hydrogens is 347 g/mol. The molecule has 0 aliphatic rings. The van der Waals surface area contributed by atoms with Gasteiger partial charge in [0.2, 0.25) is 0 Å². The van der Waals surface area contributed by atoms with Gasteiger partial charge in [0.15, 0.2) is 14.9 Å². The van der Waals surface area contributed by atoms with Crippen molar-refractivity contribution >= 4 is 32.9 Å². The number of rotatable bonds is 5. The maximum Gasteiger partial charge on any atom is 0.175 e. The van der Waals surface area contributed by atoms with Gasteiger partial charge in [0.25, 0.3) is 0 Å². The summed E-state index contributed by atoms with van der Waals surface area (Å²) >= 11 is 5.24. The number of para-hydroxylation sites is 1. The Morgan fingerprint density at radius 2 is 1.79 bits per heavy atom. The molecule has 1 atom stereocenters. The van der Waals surface area contributed by atoms with Crippen LogP contribution in [-0.4, -0.2) is 19.8 Å². The van der Waals surface area contributed by atoms with Gasteiger partial charge in [0.1, 0.15) is 5.82 Å². The number of anilines is 1. The molecule has 0 heterocycles. The van der Waals surface area contributed by atoms with Crippen LogP contribution >= 0.6 is 12.2 Å². The molecule has 0 fully saturated rings. The van der Waals surface area contributed by atoms with Crippen molar-refractivity contribution in [3.63, 3.8) is 0 Å². The third kappa shape index (κ3) is 4.75. The molecule has 7 heteroatoms. The molecule has 0 aromatic heterocycles. The molecule has 0 spiro atoms. The van der Waals surface area contributed by atoms with E-state index in [0.29, 0.717) is 10.8 Å².